The Labute approximate surface area is 128 Å². The van der Waals surface area contributed by atoms with Crippen LogP contribution in [0.5, 0.6) is 0 Å². The average molecular weight is 289 g/mol. The molecule has 4 heteroatoms. The highest BCUT2D eigenvalue weighted by atomic mass is 16.1. The van der Waals surface area contributed by atoms with E-state index in [9.17, 15) is 4.79 Å². The van der Waals surface area contributed by atoms with Crippen molar-refractivity contribution < 1.29 is 4.79 Å². The van der Waals surface area contributed by atoms with E-state index in [1.165, 1.54) is 0 Å². The zero-order valence-corrected chi connectivity index (χ0v) is 12.2. The molecule has 0 aliphatic carbocycles. The van der Waals surface area contributed by atoms with E-state index in [4.69, 9.17) is 0 Å². The molecule has 108 valence electrons. The molecule has 2 heterocycles. The highest BCUT2D eigenvalue weighted by molar-refractivity contribution is 6.05. The number of carbonyl (C=O) groups excluding carboxylic acids is 1. The topological polar surface area (TPSA) is 54.9 Å². The van der Waals surface area contributed by atoms with Gasteiger partial charge in [0.05, 0.1) is 28.8 Å². The minimum absolute atomic E-state index is 0.183. The minimum atomic E-state index is -0.183. The number of benzene rings is 1. The summed E-state index contributed by atoms with van der Waals surface area (Å²) >= 11 is 0. The van der Waals surface area contributed by atoms with Gasteiger partial charge in [-0.3, -0.25) is 14.8 Å². The highest BCUT2D eigenvalue weighted by Gasteiger charge is 2.11. The van der Waals surface area contributed by atoms with Crippen LogP contribution in [0.3, 0.4) is 0 Å². The monoisotopic (exact) mass is 289 g/mol. The molecule has 0 radical (unpaired) electrons. The van der Waals surface area contributed by atoms with Gasteiger partial charge in [0.15, 0.2) is 0 Å². The zero-order chi connectivity index (χ0) is 15.4. The van der Waals surface area contributed by atoms with E-state index in [0.29, 0.717) is 16.9 Å². The number of hydrogen-bond acceptors (Lipinski definition) is 3. The number of pyridine rings is 2. The molecule has 0 atom stereocenters. The van der Waals surface area contributed by atoms with Gasteiger partial charge < -0.3 is 5.32 Å². The van der Waals surface area contributed by atoms with Crippen LogP contribution in [0.25, 0.3) is 11.3 Å². The zero-order valence-electron chi connectivity index (χ0n) is 12.2. The Kier molecular flexibility index (Phi) is 3.92. The number of amides is 1. The summed E-state index contributed by atoms with van der Waals surface area (Å²) in [5, 5.41) is 2.82. The van der Waals surface area contributed by atoms with Gasteiger partial charge in [-0.1, -0.05) is 30.3 Å². The molecular formula is C18H15N3O. The lowest BCUT2D eigenvalue weighted by molar-refractivity contribution is 0.102. The van der Waals surface area contributed by atoms with Crippen molar-refractivity contribution in [3.63, 3.8) is 0 Å². The SMILES string of the molecule is Cc1nc(-c2ccccc2)ccc1C(=O)Nc1cccnc1. The number of aryl methyl sites for hydroxylation is 1. The molecular weight excluding hydrogens is 274 g/mol. The Bertz CT molecular complexity index is 786. The average Bonchev–Trinajstić information content (AvgIpc) is 2.56. The van der Waals surface area contributed by atoms with E-state index in [1.54, 1.807) is 30.6 Å². The summed E-state index contributed by atoms with van der Waals surface area (Å²) in [5.74, 6) is -0.183. The lowest BCUT2D eigenvalue weighted by Gasteiger charge is -2.08. The molecule has 2 aromatic heterocycles. The van der Waals surface area contributed by atoms with E-state index in [1.807, 2.05) is 43.3 Å². The van der Waals surface area contributed by atoms with Crippen molar-refractivity contribution >= 4 is 11.6 Å². The second-order valence-electron chi connectivity index (χ2n) is 4.89. The first kappa shape index (κ1) is 13.9. The van der Waals surface area contributed by atoms with Crippen LogP contribution < -0.4 is 5.32 Å². The molecule has 22 heavy (non-hydrogen) atoms. The van der Waals surface area contributed by atoms with Gasteiger partial charge in [0.2, 0.25) is 0 Å². The number of aromatic nitrogens is 2. The van der Waals surface area contributed by atoms with Crippen LogP contribution >= 0.6 is 0 Å². The molecule has 0 saturated heterocycles. The van der Waals surface area contributed by atoms with Crippen LogP contribution in [0.2, 0.25) is 0 Å². The predicted molar refractivity (Wildman–Crippen MR) is 86.6 cm³/mol. The summed E-state index contributed by atoms with van der Waals surface area (Å²) in [7, 11) is 0. The standard InChI is InChI=1S/C18H15N3O/c1-13-16(18(22)21-15-8-5-11-19-12-15)9-10-17(20-13)14-6-3-2-4-7-14/h2-12H,1H3,(H,21,22). The summed E-state index contributed by atoms with van der Waals surface area (Å²) in [6.45, 7) is 1.84. The first-order valence-corrected chi connectivity index (χ1v) is 6.98. The van der Waals surface area contributed by atoms with E-state index in [2.05, 4.69) is 15.3 Å². The summed E-state index contributed by atoms with van der Waals surface area (Å²) in [6.07, 6.45) is 3.27. The van der Waals surface area contributed by atoms with Crippen LogP contribution in [-0.2, 0) is 0 Å². The van der Waals surface area contributed by atoms with Gasteiger partial charge in [0.25, 0.3) is 5.91 Å². The molecule has 0 saturated carbocycles. The number of nitrogens with one attached hydrogen (secondary N) is 1. The van der Waals surface area contributed by atoms with Crippen LogP contribution in [0.15, 0.2) is 67.0 Å². The largest absolute Gasteiger partial charge is 0.321 e. The van der Waals surface area contributed by atoms with Gasteiger partial charge in [-0.05, 0) is 31.2 Å². The van der Waals surface area contributed by atoms with Gasteiger partial charge in [-0.15, -0.1) is 0 Å². The normalized spacial score (nSPS) is 10.2. The van der Waals surface area contributed by atoms with E-state index < -0.39 is 0 Å². The third-order valence-electron chi connectivity index (χ3n) is 3.32. The third-order valence-corrected chi connectivity index (χ3v) is 3.32. The maximum Gasteiger partial charge on any atom is 0.257 e. The van der Waals surface area contributed by atoms with Gasteiger partial charge in [-0.25, -0.2) is 0 Å². The van der Waals surface area contributed by atoms with E-state index in [-0.39, 0.29) is 5.91 Å². The van der Waals surface area contributed by atoms with Crippen molar-refractivity contribution in [1.29, 1.82) is 0 Å². The highest BCUT2D eigenvalue weighted by Crippen LogP contribution is 2.19. The molecule has 0 aliphatic heterocycles. The van der Waals surface area contributed by atoms with E-state index in [0.717, 1.165) is 11.3 Å². The van der Waals surface area contributed by atoms with E-state index >= 15 is 0 Å². The fraction of sp³-hybridized carbons (Fsp3) is 0.0556. The fourth-order valence-electron chi connectivity index (χ4n) is 2.21. The number of anilines is 1. The number of nitrogens with zero attached hydrogens (tertiary/aromatic N) is 2. The van der Waals surface area contributed by atoms with Crippen LogP contribution in [0.1, 0.15) is 16.1 Å². The summed E-state index contributed by atoms with van der Waals surface area (Å²) < 4.78 is 0. The van der Waals surface area contributed by atoms with Gasteiger partial charge in [-0.2, -0.15) is 0 Å². The second-order valence-corrected chi connectivity index (χ2v) is 4.89. The molecule has 1 amide bonds. The van der Waals surface area contributed by atoms with Gasteiger partial charge in [0.1, 0.15) is 0 Å². The second kappa shape index (κ2) is 6.18. The lowest BCUT2D eigenvalue weighted by Crippen LogP contribution is -2.14. The van der Waals surface area contributed by atoms with Crippen LogP contribution in [-0.4, -0.2) is 15.9 Å². The molecule has 0 unspecified atom stereocenters. The van der Waals surface area contributed by atoms with Crippen molar-refractivity contribution in [2.75, 3.05) is 5.32 Å². The molecule has 0 aliphatic rings. The molecule has 3 aromatic rings. The maximum absolute atomic E-state index is 12.3. The lowest BCUT2D eigenvalue weighted by atomic mass is 10.1. The summed E-state index contributed by atoms with van der Waals surface area (Å²) in [4.78, 5) is 20.8. The Hall–Kier alpha value is -3.01. The minimum Gasteiger partial charge on any atom is -0.321 e. The van der Waals surface area contributed by atoms with Gasteiger partial charge >= 0.3 is 0 Å². The Morgan fingerprint density at radius 2 is 1.82 bits per heavy atom. The Morgan fingerprint density at radius 3 is 2.50 bits per heavy atom. The van der Waals surface area contributed by atoms with Crippen molar-refractivity contribution in [2.45, 2.75) is 6.92 Å². The molecule has 0 bridgehead atoms. The van der Waals surface area contributed by atoms with Crippen molar-refractivity contribution in [3.8, 4) is 11.3 Å². The molecule has 0 spiro atoms. The number of rotatable bonds is 3. The molecule has 1 N–H and O–H groups in total. The summed E-state index contributed by atoms with van der Waals surface area (Å²) in [5.41, 5.74) is 3.81. The Morgan fingerprint density at radius 1 is 1.00 bits per heavy atom. The smallest absolute Gasteiger partial charge is 0.257 e. The van der Waals surface area contributed by atoms with Crippen LogP contribution in [0, 0.1) is 6.92 Å². The number of carbonyl (C=O) groups is 1. The first-order chi connectivity index (χ1) is 10.7. The first-order valence-electron chi connectivity index (χ1n) is 6.98. The molecule has 3 rings (SSSR count). The molecule has 1 aromatic carbocycles. The van der Waals surface area contributed by atoms with Crippen molar-refractivity contribution in [3.05, 3.63) is 78.2 Å². The third kappa shape index (κ3) is 3.01. The molecule has 4 nitrogen and oxygen atoms in total. The van der Waals surface area contributed by atoms with Crippen molar-refractivity contribution in [1.82, 2.24) is 9.97 Å². The quantitative estimate of drug-likeness (QED) is 0.799. The number of hydrogen-bond donors (Lipinski definition) is 1. The van der Waals surface area contributed by atoms with Crippen LogP contribution in [0.4, 0.5) is 5.69 Å². The van der Waals surface area contributed by atoms with Crippen molar-refractivity contribution in [2.24, 2.45) is 0 Å². The Balaban J connectivity index is 1.85. The predicted octanol–water partition coefficient (Wildman–Crippen LogP) is 3.70. The van der Waals surface area contributed by atoms with Gasteiger partial charge in [0, 0.05) is 11.8 Å². The fourth-order valence-corrected chi connectivity index (χ4v) is 2.21. The maximum atomic E-state index is 12.3. The molecule has 0 fully saturated rings. The summed E-state index contributed by atoms with van der Waals surface area (Å²) in [6, 6.07) is 17.1.